The summed E-state index contributed by atoms with van der Waals surface area (Å²) >= 11 is 7.70. The van der Waals surface area contributed by atoms with E-state index in [2.05, 4.69) is 4.98 Å². The predicted octanol–water partition coefficient (Wildman–Crippen LogP) is 6.46. The van der Waals surface area contributed by atoms with Crippen molar-refractivity contribution in [3.05, 3.63) is 117 Å². The Bertz CT molecular complexity index is 1760. The zero-order chi connectivity index (χ0) is 27.1. The molecule has 2 aromatic heterocycles. The van der Waals surface area contributed by atoms with Gasteiger partial charge in [0.2, 0.25) is 5.78 Å². The van der Waals surface area contributed by atoms with Gasteiger partial charge >= 0.3 is 5.97 Å². The average molecular weight is 553 g/mol. The first-order valence-corrected chi connectivity index (χ1v) is 13.1. The molecule has 190 valence electrons. The maximum absolute atomic E-state index is 13.1. The molecule has 6 rings (SSSR count). The Hall–Kier alpha value is -4.66. The smallest absolute Gasteiger partial charge is 0.339 e. The molecule has 0 fully saturated rings. The van der Waals surface area contributed by atoms with Gasteiger partial charge in [-0.05, 0) is 47.8 Å². The van der Waals surface area contributed by atoms with Crippen LogP contribution in [0.3, 0.4) is 0 Å². The molecule has 1 aliphatic heterocycles. The first-order chi connectivity index (χ1) is 18.9. The third-order valence-electron chi connectivity index (χ3n) is 6.36. The van der Waals surface area contributed by atoms with Crippen LogP contribution in [-0.2, 0) is 4.74 Å². The number of carbonyl (C=O) groups excluding carboxylic acids is 4. The molecular weight excluding hydrogens is 536 g/mol. The number of thiophene rings is 1. The first-order valence-electron chi connectivity index (χ1n) is 11.8. The second kappa shape index (κ2) is 9.90. The van der Waals surface area contributed by atoms with Crippen LogP contribution in [0.25, 0.3) is 22.2 Å². The average Bonchev–Trinajstić information content (AvgIpc) is 3.59. The van der Waals surface area contributed by atoms with E-state index in [9.17, 15) is 19.2 Å². The number of imide groups is 1. The highest BCUT2D eigenvalue weighted by atomic mass is 35.5. The third-order valence-corrected chi connectivity index (χ3v) is 7.57. The summed E-state index contributed by atoms with van der Waals surface area (Å²) in [6.45, 7) is -0.395. The van der Waals surface area contributed by atoms with Crippen LogP contribution in [0.2, 0.25) is 5.02 Å². The molecule has 0 spiro atoms. The maximum Gasteiger partial charge on any atom is 0.339 e. The van der Waals surface area contributed by atoms with E-state index in [0.717, 1.165) is 4.90 Å². The Morgan fingerprint density at radius 1 is 0.872 bits per heavy atom. The van der Waals surface area contributed by atoms with Gasteiger partial charge in [0.15, 0.2) is 6.61 Å². The highest BCUT2D eigenvalue weighted by molar-refractivity contribution is 7.12. The Labute approximate surface area is 231 Å². The second-order valence-corrected chi connectivity index (χ2v) is 10.1. The monoisotopic (exact) mass is 552 g/mol. The molecule has 0 bridgehead atoms. The first kappa shape index (κ1) is 24.7. The molecular formula is C30H17ClN2O5S. The molecule has 9 heteroatoms. The molecule has 3 heterocycles. The van der Waals surface area contributed by atoms with Gasteiger partial charge in [-0.1, -0.05) is 54.1 Å². The molecule has 39 heavy (non-hydrogen) atoms. The Morgan fingerprint density at radius 2 is 1.59 bits per heavy atom. The lowest BCUT2D eigenvalue weighted by atomic mass is 10.0. The molecule has 0 aliphatic carbocycles. The van der Waals surface area contributed by atoms with Crippen molar-refractivity contribution in [1.82, 2.24) is 4.98 Å². The third kappa shape index (κ3) is 4.39. The molecule has 0 atom stereocenters. The number of amides is 2. The number of hydrogen-bond donors (Lipinski definition) is 0. The van der Waals surface area contributed by atoms with E-state index >= 15 is 0 Å². The molecule has 2 amide bonds. The van der Waals surface area contributed by atoms with Crippen LogP contribution in [0.1, 0.15) is 40.7 Å². The summed E-state index contributed by atoms with van der Waals surface area (Å²) in [6.07, 6.45) is 0. The highest BCUT2D eigenvalue weighted by Gasteiger charge is 2.36. The summed E-state index contributed by atoms with van der Waals surface area (Å²) in [5.74, 6) is -1.75. The van der Waals surface area contributed by atoms with Crippen molar-refractivity contribution in [2.75, 3.05) is 11.5 Å². The largest absolute Gasteiger partial charge is 0.454 e. The number of fused-ring (bicyclic) bond motifs is 2. The molecule has 1 aliphatic rings. The minimum absolute atomic E-state index is 0.209. The van der Waals surface area contributed by atoms with Crippen LogP contribution < -0.4 is 4.90 Å². The van der Waals surface area contributed by atoms with Gasteiger partial charge in [0.05, 0.1) is 43.5 Å². The summed E-state index contributed by atoms with van der Waals surface area (Å²) < 4.78 is 5.36. The SMILES string of the molecule is O=C(COC(=O)c1cc(-c2ccc(N3C(=O)c4ccccc4C3=O)cc2)nc2c(Cl)cccc12)c1cccs1. The van der Waals surface area contributed by atoms with Gasteiger partial charge in [-0.15, -0.1) is 11.3 Å². The maximum atomic E-state index is 13.1. The number of ether oxygens (including phenoxy) is 1. The Morgan fingerprint density at radius 3 is 2.26 bits per heavy atom. The van der Waals surface area contributed by atoms with Gasteiger partial charge in [-0.2, -0.15) is 0 Å². The van der Waals surface area contributed by atoms with E-state index in [1.54, 1.807) is 90.3 Å². The number of benzene rings is 3. The second-order valence-electron chi connectivity index (χ2n) is 8.71. The number of para-hydroxylation sites is 1. The van der Waals surface area contributed by atoms with Crippen LogP contribution in [0, 0.1) is 0 Å². The van der Waals surface area contributed by atoms with Gasteiger partial charge < -0.3 is 4.74 Å². The molecule has 0 N–H and O–H groups in total. The van der Waals surface area contributed by atoms with E-state index in [1.165, 1.54) is 11.3 Å². The lowest BCUT2D eigenvalue weighted by Gasteiger charge is -2.15. The lowest BCUT2D eigenvalue weighted by molar-refractivity contribution is 0.0477. The topological polar surface area (TPSA) is 93.6 Å². The summed E-state index contributed by atoms with van der Waals surface area (Å²) in [7, 11) is 0. The van der Waals surface area contributed by atoms with Gasteiger partial charge in [0, 0.05) is 10.9 Å². The quantitative estimate of drug-likeness (QED) is 0.136. The van der Waals surface area contributed by atoms with Gasteiger partial charge in [0.1, 0.15) is 0 Å². The van der Waals surface area contributed by atoms with Crippen LogP contribution in [-0.4, -0.2) is 35.2 Å². The highest BCUT2D eigenvalue weighted by Crippen LogP contribution is 2.32. The molecule has 0 saturated heterocycles. The Balaban J connectivity index is 1.32. The van der Waals surface area contributed by atoms with E-state index in [-0.39, 0.29) is 23.2 Å². The van der Waals surface area contributed by atoms with Crippen LogP contribution in [0.4, 0.5) is 5.69 Å². The standard InChI is InChI=1S/C30H17ClN2O5S/c31-23-8-3-7-19-22(30(37)38-16-25(34)26-9-4-14-39-26)15-24(32-27(19)23)17-10-12-18(13-11-17)33-28(35)20-5-1-2-6-21(20)29(33)36/h1-15H,16H2. The van der Waals surface area contributed by atoms with Crippen molar-refractivity contribution in [2.24, 2.45) is 0 Å². The van der Waals surface area contributed by atoms with Gasteiger partial charge in [-0.3, -0.25) is 14.4 Å². The Kier molecular flexibility index (Phi) is 6.26. The van der Waals surface area contributed by atoms with Crippen molar-refractivity contribution in [1.29, 1.82) is 0 Å². The number of nitrogens with zero attached hydrogens (tertiary/aromatic N) is 2. The number of rotatable bonds is 6. The fourth-order valence-electron chi connectivity index (χ4n) is 4.45. The van der Waals surface area contributed by atoms with Crippen molar-refractivity contribution in [3.63, 3.8) is 0 Å². The molecule has 0 saturated carbocycles. The summed E-state index contributed by atoms with van der Waals surface area (Å²) in [5.41, 5.74) is 2.80. The van der Waals surface area contributed by atoms with E-state index in [4.69, 9.17) is 16.3 Å². The number of aromatic nitrogens is 1. The van der Waals surface area contributed by atoms with Crippen LogP contribution >= 0.6 is 22.9 Å². The molecule has 7 nitrogen and oxygen atoms in total. The minimum Gasteiger partial charge on any atom is -0.454 e. The molecule has 0 radical (unpaired) electrons. The summed E-state index contributed by atoms with van der Waals surface area (Å²) in [5, 5.41) is 2.61. The van der Waals surface area contributed by atoms with Gasteiger partial charge in [0.25, 0.3) is 11.8 Å². The lowest BCUT2D eigenvalue weighted by Crippen LogP contribution is -2.29. The number of esters is 1. The van der Waals surface area contributed by atoms with Crippen LogP contribution in [0.5, 0.6) is 0 Å². The zero-order valence-corrected chi connectivity index (χ0v) is 21.7. The molecule has 5 aromatic rings. The zero-order valence-electron chi connectivity index (χ0n) is 20.1. The summed E-state index contributed by atoms with van der Waals surface area (Å²) in [6, 6.07) is 23.5. The van der Waals surface area contributed by atoms with Crippen molar-refractivity contribution in [2.45, 2.75) is 0 Å². The number of Topliss-reactive ketones (excluding diaryl/α,β-unsaturated/α-hetero) is 1. The summed E-state index contributed by atoms with van der Waals surface area (Å²) in [4.78, 5) is 57.5. The minimum atomic E-state index is -0.682. The number of carbonyl (C=O) groups is 4. The number of anilines is 1. The predicted molar refractivity (Wildman–Crippen MR) is 149 cm³/mol. The fourth-order valence-corrected chi connectivity index (χ4v) is 5.32. The number of halogens is 1. The van der Waals surface area contributed by atoms with E-state index in [1.807, 2.05) is 0 Å². The van der Waals surface area contributed by atoms with E-state index < -0.39 is 12.6 Å². The van der Waals surface area contributed by atoms with Gasteiger partial charge in [-0.25, -0.2) is 14.7 Å². The number of hydrogen-bond acceptors (Lipinski definition) is 7. The van der Waals surface area contributed by atoms with E-state index in [0.29, 0.717) is 48.9 Å². The van der Waals surface area contributed by atoms with Crippen molar-refractivity contribution < 1.29 is 23.9 Å². The molecule has 3 aromatic carbocycles. The fraction of sp³-hybridized carbons (Fsp3) is 0.0333. The van der Waals surface area contributed by atoms with Crippen molar-refractivity contribution in [3.8, 4) is 11.3 Å². The normalized spacial score (nSPS) is 12.6. The van der Waals surface area contributed by atoms with Crippen LogP contribution in [0.15, 0.2) is 90.3 Å². The number of ketones is 1. The van der Waals surface area contributed by atoms with Crippen molar-refractivity contribution >= 4 is 63.1 Å². The molecule has 0 unspecified atom stereocenters. The number of pyridine rings is 1.